The fourth-order valence-electron chi connectivity index (χ4n) is 14.5. The Hall–Kier alpha value is -1.94. The third-order valence-electron chi connectivity index (χ3n) is 22.1. The van der Waals surface area contributed by atoms with Gasteiger partial charge in [-0.2, -0.15) is 0 Å². The molecule has 0 amide bonds. The molecule has 6 atom stereocenters. The smallest absolute Gasteiger partial charge is 0.462 e. The quantitative estimate of drug-likeness (QED) is 0.0222. The molecule has 0 aromatic heterocycles. The van der Waals surface area contributed by atoms with Crippen molar-refractivity contribution in [2.45, 2.75) is 522 Å². The molecule has 0 fully saturated rings. The number of phosphoric acid groups is 2. The molecule has 0 heterocycles. The Kier molecular flexibility index (Phi) is 83.0. The first kappa shape index (κ1) is 109. The van der Waals surface area contributed by atoms with Gasteiger partial charge in [0.25, 0.3) is 0 Å². The molecule has 0 radical (unpaired) electrons. The summed E-state index contributed by atoms with van der Waals surface area (Å²) in [5, 5.41) is 10.7. The van der Waals surface area contributed by atoms with Crippen LogP contribution in [0.3, 0.4) is 0 Å². The molecule has 0 aliphatic rings. The van der Waals surface area contributed by atoms with E-state index in [0.717, 1.165) is 109 Å². The summed E-state index contributed by atoms with van der Waals surface area (Å²) in [6.07, 6.45) is 81.0. The van der Waals surface area contributed by atoms with Crippen LogP contribution in [0.25, 0.3) is 0 Å². The van der Waals surface area contributed by atoms with Crippen LogP contribution in [-0.4, -0.2) is 96.7 Å². The minimum Gasteiger partial charge on any atom is -0.462 e. The third kappa shape index (κ3) is 84.3. The maximum absolute atomic E-state index is 13.2. The first-order valence-corrected chi connectivity index (χ1v) is 50.7. The topological polar surface area (TPSA) is 237 Å². The first-order chi connectivity index (χ1) is 54.1. The van der Waals surface area contributed by atoms with Crippen molar-refractivity contribution in [1.82, 2.24) is 0 Å². The lowest BCUT2D eigenvalue weighted by Gasteiger charge is -2.21. The van der Waals surface area contributed by atoms with Gasteiger partial charge in [0.05, 0.1) is 26.4 Å². The summed E-state index contributed by atoms with van der Waals surface area (Å²) in [4.78, 5) is 73.2. The Labute approximate surface area is 683 Å². The summed E-state index contributed by atoms with van der Waals surface area (Å²) < 4.78 is 68.9. The normalized spacial score (nSPS) is 13.9. The van der Waals surface area contributed by atoms with E-state index in [2.05, 4.69) is 34.6 Å². The van der Waals surface area contributed by atoms with Crippen molar-refractivity contribution in [2.24, 2.45) is 5.92 Å². The molecule has 0 bridgehead atoms. The van der Waals surface area contributed by atoms with Gasteiger partial charge in [0.15, 0.2) is 12.2 Å². The molecule has 19 heteroatoms. The van der Waals surface area contributed by atoms with Crippen LogP contribution in [0.5, 0.6) is 0 Å². The second kappa shape index (κ2) is 84.5. The van der Waals surface area contributed by atoms with Crippen molar-refractivity contribution >= 4 is 39.5 Å². The fraction of sp³-hybridized carbons (Fsp3) is 0.957. The minimum atomic E-state index is -4.97. The van der Waals surface area contributed by atoms with E-state index >= 15 is 0 Å². The van der Waals surface area contributed by atoms with Crippen molar-refractivity contribution in [1.29, 1.82) is 0 Å². The molecular weight excluding hydrogens is 1440 g/mol. The molecule has 0 aromatic rings. The summed E-state index contributed by atoms with van der Waals surface area (Å²) in [6.45, 7) is 7.42. The number of aliphatic hydroxyl groups is 1. The van der Waals surface area contributed by atoms with Gasteiger partial charge in [-0.3, -0.25) is 37.3 Å². The molecule has 0 aliphatic carbocycles. The molecule has 0 aromatic carbocycles. The highest BCUT2D eigenvalue weighted by atomic mass is 31.2. The van der Waals surface area contributed by atoms with Gasteiger partial charge in [-0.15, -0.1) is 0 Å². The van der Waals surface area contributed by atoms with Crippen molar-refractivity contribution in [3.05, 3.63) is 0 Å². The number of carbonyl (C=O) groups is 4. The van der Waals surface area contributed by atoms with E-state index in [4.69, 9.17) is 37.0 Å². The molecule has 3 unspecified atom stereocenters. The van der Waals surface area contributed by atoms with Gasteiger partial charge in [0, 0.05) is 25.7 Å². The number of aliphatic hydroxyl groups excluding tert-OH is 1. The van der Waals surface area contributed by atoms with Crippen molar-refractivity contribution < 1.29 is 80.2 Å². The molecule has 0 spiro atoms. The second-order valence-electron chi connectivity index (χ2n) is 33.3. The Morgan fingerprint density at radius 2 is 0.432 bits per heavy atom. The zero-order valence-corrected chi connectivity index (χ0v) is 74.9. The maximum Gasteiger partial charge on any atom is 0.472 e. The summed E-state index contributed by atoms with van der Waals surface area (Å²) in [7, 11) is -9.93. The molecule has 660 valence electrons. The third-order valence-corrected chi connectivity index (χ3v) is 24.0. The minimum absolute atomic E-state index is 0.109. The number of hydrogen-bond acceptors (Lipinski definition) is 15. The summed E-state index contributed by atoms with van der Waals surface area (Å²) >= 11 is 0. The lowest BCUT2D eigenvalue weighted by molar-refractivity contribution is -0.161. The summed E-state index contributed by atoms with van der Waals surface area (Å²) in [5.41, 5.74) is 0. The molecule has 3 N–H and O–H groups in total. The predicted molar refractivity (Wildman–Crippen MR) is 460 cm³/mol. The van der Waals surface area contributed by atoms with Gasteiger partial charge < -0.3 is 33.8 Å². The first-order valence-electron chi connectivity index (χ1n) is 47.7. The van der Waals surface area contributed by atoms with Crippen molar-refractivity contribution in [2.75, 3.05) is 39.6 Å². The van der Waals surface area contributed by atoms with Gasteiger partial charge >= 0.3 is 39.5 Å². The van der Waals surface area contributed by atoms with E-state index in [9.17, 15) is 43.2 Å². The molecule has 17 nitrogen and oxygen atoms in total. The summed E-state index contributed by atoms with van der Waals surface area (Å²) in [5.74, 6) is -1.23. The predicted octanol–water partition coefficient (Wildman–Crippen LogP) is 28.7. The van der Waals surface area contributed by atoms with E-state index in [-0.39, 0.29) is 25.7 Å². The Bertz CT molecular complexity index is 2100. The number of ether oxygens (including phenoxy) is 4. The van der Waals surface area contributed by atoms with Crippen molar-refractivity contribution in [3.63, 3.8) is 0 Å². The number of phosphoric ester groups is 2. The number of unbranched alkanes of at least 4 members (excludes halogenated alkanes) is 63. The Morgan fingerprint density at radius 3 is 0.640 bits per heavy atom. The number of hydrogen-bond donors (Lipinski definition) is 3. The summed E-state index contributed by atoms with van der Waals surface area (Å²) in [6, 6.07) is 0. The van der Waals surface area contributed by atoms with Gasteiger partial charge in [-0.25, -0.2) is 9.13 Å². The van der Waals surface area contributed by atoms with Crippen LogP contribution >= 0.6 is 15.6 Å². The maximum atomic E-state index is 13.2. The van der Waals surface area contributed by atoms with Crippen LogP contribution < -0.4 is 0 Å². The largest absolute Gasteiger partial charge is 0.472 e. The average Bonchev–Trinajstić information content (AvgIpc) is 0.899. The number of esters is 4. The van der Waals surface area contributed by atoms with E-state index in [1.807, 2.05) is 0 Å². The van der Waals surface area contributed by atoms with Crippen LogP contribution in [0.4, 0.5) is 0 Å². The zero-order chi connectivity index (χ0) is 81.1. The zero-order valence-electron chi connectivity index (χ0n) is 73.1. The molecular formula is C92H180O17P2. The van der Waals surface area contributed by atoms with Crippen LogP contribution in [0.15, 0.2) is 0 Å². The molecule has 111 heavy (non-hydrogen) atoms. The number of rotatable bonds is 92. The highest BCUT2D eigenvalue weighted by Crippen LogP contribution is 2.45. The van der Waals surface area contributed by atoms with Crippen LogP contribution in [0, 0.1) is 5.92 Å². The van der Waals surface area contributed by atoms with Crippen LogP contribution in [0.1, 0.15) is 503 Å². The van der Waals surface area contributed by atoms with Crippen LogP contribution in [0.2, 0.25) is 0 Å². The molecule has 0 aliphatic heterocycles. The average molecular weight is 1620 g/mol. The Morgan fingerprint density at radius 1 is 0.252 bits per heavy atom. The van der Waals surface area contributed by atoms with Gasteiger partial charge in [0.2, 0.25) is 0 Å². The standard InChI is InChI=1S/C92H180O17P2/c1-6-10-13-16-19-21-23-25-27-29-31-33-34-36-40-44-48-52-56-61-66-71-76-90(95)103-82-88(109-92(97)78-73-68-63-58-54-50-46-42-38-37-39-43-47-51-55-60-64-69-74-85(5)9-4)84-107-111(100,101)105-80-86(93)79-104-110(98,99)106-83-87(81-102-89(94)75-70-65-59-18-15-12-8-3)108-91(96)77-72-67-62-57-53-49-45-41-35-32-30-28-26-24-22-20-17-14-11-7-2/h85-88,93H,6-84H2,1-5H3,(H,98,99)(H,100,101)/t85?,86-,87+,88+/m0/s1. The van der Waals surface area contributed by atoms with Crippen molar-refractivity contribution in [3.8, 4) is 0 Å². The molecule has 0 saturated carbocycles. The van der Waals surface area contributed by atoms with E-state index in [1.165, 1.54) is 315 Å². The van der Waals surface area contributed by atoms with E-state index in [0.29, 0.717) is 25.7 Å². The highest BCUT2D eigenvalue weighted by Gasteiger charge is 2.31. The molecule has 0 saturated heterocycles. The fourth-order valence-corrected chi connectivity index (χ4v) is 16.1. The SMILES string of the molecule is CCCCCCCCCCCCCCCCCCCCCCCCC(=O)OC[C@H](COP(=O)(O)OC[C@@H](O)COP(=O)(O)OC[C@@H](COC(=O)CCCCCCCCC)OC(=O)CCCCCCCCCCCCCCCCCCCCCC)OC(=O)CCCCCCCCCCCCCCCCCCCCC(C)CC. The molecule has 0 rings (SSSR count). The lowest BCUT2D eigenvalue weighted by atomic mass is 9.99. The van der Waals surface area contributed by atoms with Gasteiger partial charge in [-0.05, 0) is 31.6 Å². The monoisotopic (exact) mass is 1620 g/mol. The Balaban J connectivity index is 5.13. The highest BCUT2D eigenvalue weighted by molar-refractivity contribution is 7.47. The number of carbonyl (C=O) groups excluding carboxylic acids is 4. The van der Waals surface area contributed by atoms with Crippen LogP contribution in [-0.2, 0) is 65.4 Å². The van der Waals surface area contributed by atoms with Gasteiger partial charge in [0.1, 0.15) is 19.3 Å². The lowest BCUT2D eigenvalue weighted by Crippen LogP contribution is -2.30. The van der Waals surface area contributed by atoms with E-state index < -0.39 is 97.5 Å². The van der Waals surface area contributed by atoms with Gasteiger partial charge in [-0.1, -0.05) is 452 Å². The second-order valence-corrected chi connectivity index (χ2v) is 36.2. The van der Waals surface area contributed by atoms with E-state index in [1.54, 1.807) is 0 Å².